The number of anilines is 2. The molecule has 0 aliphatic carbocycles. The number of sulfonamides is 1. The molecular weight excluding hydrogens is 344 g/mol. The normalized spacial score (nSPS) is 11.4. The molecule has 6 nitrogen and oxygen atoms in total. The van der Waals surface area contributed by atoms with Crippen LogP contribution in [0, 0.1) is 0 Å². The number of nitrogens with one attached hydrogen (secondary N) is 1. The maximum atomic E-state index is 12.1. The molecule has 0 aliphatic heterocycles. The molecule has 0 saturated carbocycles. The van der Waals surface area contributed by atoms with Crippen molar-refractivity contribution in [2.24, 2.45) is 0 Å². The minimum atomic E-state index is -3.67. The number of nitrogens with zero attached hydrogens (tertiary/aromatic N) is 3. The highest BCUT2D eigenvalue weighted by atomic mass is 35.5. The molecule has 0 spiro atoms. The van der Waals surface area contributed by atoms with E-state index in [9.17, 15) is 8.42 Å². The molecule has 0 aliphatic rings. The third-order valence-corrected chi connectivity index (χ3v) is 6.02. The number of halogens is 1. The predicted octanol–water partition coefficient (Wildman–Crippen LogP) is 3.23. The Hall–Kier alpha value is -1.38. The Balaban J connectivity index is 2.08. The van der Waals surface area contributed by atoms with E-state index >= 15 is 0 Å². The molecule has 0 unspecified atom stereocenters. The standard InChI is InChI=1S/C13H17ClN4O2S2/c1-3-4-9-18(2)12-7-6-11(15-16-12)17-22(19,20)13-8-5-10(14)21-13/h5-8H,3-4,9H2,1-2H3,(H,15,17). The molecule has 2 rings (SSSR count). The Labute approximate surface area is 139 Å². The van der Waals surface area contributed by atoms with Crippen molar-refractivity contribution in [2.45, 2.75) is 24.0 Å². The lowest BCUT2D eigenvalue weighted by Gasteiger charge is -2.17. The number of hydrogen-bond donors (Lipinski definition) is 1. The quantitative estimate of drug-likeness (QED) is 0.820. The summed E-state index contributed by atoms with van der Waals surface area (Å²) < 4.78 is 27.2. The van der Waals surface area contributed by atoms with Gasteiger partial charge in [0.25, 0.3) is 10.0 Å². The summed E-state index contributed by atoms with van der Waals surface area (Å²) in [6.45, 7) is 3.00. The summed E-state index contributed by atoms with van der Waals surface area (Å²) in [6, 6.07) is 6.33. The fourth-order valence-corrected chi connectivity index (χ4v) is 4.20. The maximum absolute atomic E-state index is 12.1. The van der Waals surface area contributed by atoms with Gasteiger partial charge in [-0.2, -0.15) is 0 Å². The molecule has 2 aromatic rings. The predicted molar refractivity (Wildman–Crippen MR) is 90.3 cm³/mol. The molecule has 0 amide bonds. The second kappa shape index (κ2) is 7.26. The van der Waals surface area contributed by atoms with Gasteiger partial charge in [0.2, 0.25) is 0 Å². The van der Waals surface area contributed by atoms with Gasteiger partial charge in [-0.05, 0) is 30.7 Å². The Kier molecular flexibility index (Phi) is 5.60. The zero-order chi connectivity index (χ0) is 16.2. The van der Waals surface area contributed by atoms with Crippen molar-refractivity contribution >= 4 is 44.6 Å². The average molecular weight is 361 g/mol. The van der Waals surface area contributed by atoms with Crippen LogP contribution in [-0.2, 0) is 10.0 Å². The third-order valence-electron chi connectivity index (χ3n) is 2.94. The highest BCUT2D eigenvalue weighted by Crippen LogP contribution is 2.26. The Morgan fingerprint density at radius 3 is 2.59 bits per heavy atom. The fourth-order valence-electron chi connectivity index (χ4n) is 1.72. The van der Waals surface area contributed by atoms with E-state index in [2.05, 4.69) is 21.8 Å². The summed E-state index contributed by atoms with van der Waals surface area (Å²) in [5, 5.41) is 7.96. The molecule has 1 N–H and O–H groups in total. The van der Waals surface area contributed by atoms with Crippen molar-refractivity contribution in [3.8, 4) is 0 Å². The first kappa shape index (κ1) is 17.0. The Bertz CT molecular complexity index is 716. The summed E-state index contributed by atoms with van der Waals surface area (Å²) in [4.78, 5) is 1.98. The van der Waals surface area contributed by atoms with Crippen molar-refractivity contribution in [3.05, 3.63) is 28.6 Å². The van der Waals surface area contributed by atoms with E-state index in [1.807, 2.05) is 11.9 Å². The summed E-state index contributed by atoms with van der Waals surface area (Å²) in [5.74, 6) is 0.882. The van der Waals surface area contributed by atoms with Crippen LogP contribution in [0.2, 0.25) is 4.34 Å². The van der Waals surface area contributed by atoms with E-state index < -0.39 is 10.0 Å². The molecule has 120 valence electrons. The van der Waals surface area contributed by atoms with Gasteiger partial charge in [0.1, 0.15) is 4.21 Å². The Morgan fingerprint density at radius 1 is 1.27 bits per heavy atom. The zero-order valence-corrected chi connectivity index (χ0v) is 14.7. The van der Waals surface area contributed by atoms with Gasteiger partial charge in [-0.15, -0.1) is 21.5 Å². The maximum Gasteiger partial charge on any atom is 0.272 e. The van der Waals surface area contributed by atoms with Gasteiger partial charge in [0.15, 0.2) is 11.6 Å². The monoisotopic (exact) mass is 360 g/mol. The van der Waals surface area contributed by atoms with Crippen molar-refractivity contribution < 1.29 is 8.42 Å². The third kappa shape index (κ3) is 4.31. The van der Waals surface area contributed by atoms with E-state index in [0.29, 0.717) is 10.2 Å². The molecule has 2 heterocycles. The number of aromatic nitrogens is 2. The molecular formula is C13H17ClN4O2S2. The number of thiophene rings is 1. The van der Waals surface area contributed by atoms with Crippen LogP contribution in [0.25, 0.3) is 0 Å². The molecule has 0 bridgehead atoms. The van der Waals surface area contributed by atoms with Crippen LogP contribution in [0.3, 0.4) is 0 Å². The van der Waals surface area contributed by atoms with Crippen LogP contribution in [0.5, 0.6) is 0 Å². The summed E-state index contributed by atoms with van der Waals surface area (Å²) in [7, 11) is -1.74. The van der Waals surface area contributed by atoms with Gasteiger partial charge >= 0.3 is 0 Å². The lowest BCUT2D eigenvalue weighted by Crippen LogP contribution is -2.20. The van der Waals surface area contributed by atoms with Gasteiger partial charge in [0.05, 0.1) is 4.34 Å². The molecule has 0 saturated heterocycles. The lowest BCUT2D eigenvalue weighted by atomic mass is 10.3. The van der Waals surface area contributed by atoms with E-state index in [0.717, 1.165) is 30.7 Å². The molecule has 2 aromatic heterocycles. The summed E-state index contributed by atoms with van der Waals surface area (Å²) in [6.07, 6.45) is 2.16. The molecule has 0 aromatic carbocycles. The second-order valence-corrected chi connectivity index (χ2v) is 8.34. The van der Waals surface area contributed by atoms with Crippen LogP contribution >= 0.6 is 22.9 Å². The second-order valence-electron chi connectivity index (χ2n) is 4.72. The molecule has 0 atom stereocenters. The number of hydrogen-bond acceptors (Lipinski definition) is 6. The van der Waals surface area contributed by atoms with Crippen LogP contribution in [0.4, 0.5) is 11.6 Å². The number of unbranched alkanes of at least 4 members (excludes halogenated alkanes) is 1. The topological polar surface area (TPSA) is 75.2 Å². The van der Waals surface area contributed by atoms with Crippen LogP contribution in [0.15, 0.2) is 28.5 Å². The van der Waals surface area contributed by atoms with E-state index in [1.165, 1.54) is 12.1 Å². The van der Waals surface area contributed by atoms with E-state index in [4.69, 9.17) is 11.6 Å². The molecule has 0 fully saturated rings. The fraction of sp³-hybridized carbons (Fsp3) is 0.385. The first-order valence-electron chi connectivity index (χ1n) is 6.75. The lowest BCUT2D eigenvalue weighted by molar-refractivity contribution is 0.603. The highest BCUT2D eigenvalue weighted by Gasteiger charge is 2.17. The van der Waals surface area contributed by atoms with Crippen LogP contribution < -0.4 is 9.62 Å². The van der Waals surface area contributed by atoms with Gasteiger partial charge in [-0.3, -0.25) is 4.72 Å². The molecule has 9 heteroatoms. The first-order valence-corrected chi connectivity index (χ1v) is 9.43. The van der Waals surface area contributed by atoms with Gasteiger partial charge < -0.3 is 4.90 Å². The van der Waals surface area contributed by atoms with E-state index in [1.54, 1.807) is 12.1 Å². The number of rotatable bonds is 7. The van der Waals surface area contributed by atoms with Gasteiger partial charge in [0, 0.05) is 13.6 Å². The van der Waals surface area contributed by atoms with Crippen LogP contribution in [0.1, 0.15) is 19.8 Å². The SMILES string of the molecule is CCCCN(C)c1ccc(NS(=O)(=O)c2ccc(Cl)s2)nn1. The van der Waals surface area contributed by atoms with Crippen molar-refractivity contribution in [2.75, 3.05) is 23.2 Å². The zero-order valence-electron chi connectivity index (χ0n) is 12.3. The summed E-state index contributed by atoms with van der Waals surface area (Å²) >= 11 is 6.75. The highest BCUT2D eigenvalue weighted by molar-refractivity contribution is 7.94. The largest absolute Gasteiger partial charge is 0.358 e. The summed E-state index contributed by atoms with van der Waals surface area (Å²) in [5.41, 5.74) is 0. The molecule has 22 heavy (non-hydrogen) atoms. The average Bonchev–Trinajstić information content (AvgIpc) is 2.92. The van der Waals surface area contributed by atoms with Gasteiger partial charge in [-0.1, -0.05) is 24.9 Å². The van der Waals surface area contributed by atoms with Crippen molar-refractivity contribution in [1.29, 1.82) is 0 Å². The Morgan fingerprint density at radius 2 is 2.05 bits per heavy atom. The van der Waals surface area contributed by atoms with Crippen molar-refractivity contribution in [3.63, 3.8) is 0 Å². The first-order chi connectivity index (χ1) is 10.4. The van der Waals surface area contributed by atoms with Crippen LogP contribution in [-0.4, -0.2) is 32.2 Å². The molecule has 0 radical (unpaired) electrons. The minimum absolute atomic E-state index is 0.142. The van der Waals surface area contributed by atoms with Crippen molar-refractivity contribution in [1.82, 2.24) is 10.2 Å². The van der Waals surface area contributed by atoms with Gasteiger partial charge in [-0.25, -0.2) is 8.42 Å². The smallest absolute Gasteiger partial charge is 0.272 e. The minimum Gasteiger partial charge on any atom is -0.358 e. The van der Waals surface area contributed by atoms with E-state index in [-0.39, 0.29) is 10.0 Å².